The molecule has 3 aliphatic rings. The monoisotopic (exact) mass is 210 g/mol. The number of carbonyl (C=O) groups is 1. The van der Waals surface area contributed by atoms with Crippen LogP contribution in [0.15, 0.2) is 0 Å². The van der Waals surface area contributed by atoms with E-state index in [-0.39, 0.29) is 5.92 Å². The molecule has 0 aliphatic carbocycles. The molecule has 0 aromatic carbocycles. The van der Waals surface area contributed by atoms with Crippen molar-refractivity contribution < 1.29 is 9.53 Å². The lowest BCUT2D eigenvalue weighted by Crippen LogP contribution is -2.46. The van der Waals surface area contributed by atoms with Gasteiger partial charge in [0.2, 0.25) is 5.91 Å². The van der Waals surface area contributed by atoms with Gasteiger partial charge in [0.25, 0.3) is 0 Å². The standard InChI is InChI=1S/C11H18N2O2/c14-11(8-1-3-12-4-2-8)13-6-10-5-9(13)7-15-10/h8-10,12H,1-7H2/t9-,10+/m0/s1. The molecule has 1 amide bonds. The van der Waals surface area contributed by atoms with Crippen LogP contribution in [0, 0.1) is 5.92 Å². The second-order valence-corrected chi connectivity index (χ2v) is 4.86. The fourth-order valence-electron chi connectivity index (χ4n) is 2.97. The number of carbonyl (C=O) groups excluding carboxylic acids is 1. The van der Waals surface area contributed by atoms with Crippen LogP contribution < -0.4 is 5.32 Å². The fraction of sp³-hybridized carbons (Fsp3) is 0.909. The van der Waals surface area contributed by atoms with Crippen molar-refractivity contribution in [3.8, 4) is 0 Å². The van der Waals surface area contributed by atoms with E-state index < -0.39 is 0 Å². The third kappa shape index (κ3) is 1.66. The summed E-state index contributed by atoms with van der Waals surface area (Å²) >= 11 is 0. The molecule has 2 bridgehead atoms. The number of likely N-dealkylation sites (tertiary alicyclic amines) is 1. The van der Waals surface area contributed by atoms with E-state index in [0.29, 0.717) is 18.1 Å². The summed E-state index contributed by atoms with van der Waals surface area (Å²) in [6.07, 6.45) is 3.42. The highest BCUT2D eigenvalue weighted by molar-refractivity contribution is 5.79. The van der Waals surface area contributed by atoms with E-state index in [1.807, 2.05) is 0 Å². The summed E-state index contributed by atoms with van der Waals surface area (Å²) in [5.74, 6) is 0.651. The highest BCUT2D eigenvalue weighted by Gasteiger charge is 2.43. The molecule has 4 heteroatoms. The maximum atomic E-state index is 12.2. The average molecular weight is 210 g/mol. The van der Waals surface area contributed by atoms with E-state index in [4.69, 9.17) is 4.74 Å². The van der Waals surface area contributed by atoms with Gasteiger partial charge < -0.3 is 15.0 Å². The first kappa shape index (κ1) is 9.60. The van der Waals surface area contributed by atoms with Crippen molar-refractivity contribution in [1.29, 1.82) is 0 Å². The number of nitrogens with one attached hydrogen (secondary N) is 1. The van der Waals surface area contributed by atoms with E-state index in [1.54, 1.807) is 0 Å². The van der Waals surface area contributed by atoms with Crippen LogP contribution in [-0.2, 0) is 9.53 Å². The van der Waals surface area contributed by atoms with Crippen molar-refractivity contribution in [2.45, 2.75) is 31.4 Å². The minimum atomic E-state index is 0.269. The second kappa shape index (κ2) is 3.76. The number of nitrogens with zero attached hydrogens (tertiary/aromatic N) is 1. The van der Waals surface area contributed by atoms with Gasteiger partial charge in [-0.05, 0) is 32.4 Å². The predicted molar refractivity (Wildman–Crippen MR) is 55.5 cm³/mol. The van der Waals surface area contributed by atoms with Gasteiger partial charge in [-0.1, -0.05) is 0 Å². The lowest BCUT2D eigenvalue weighted by molar-refractivity contribution is -0.140. The SMILES string of the molecule is O=C(C1CCNCC1)N1C[C@H]2C[C@H]1CO2. The van der Waals surface area contributed by atoms with Crippen LogP contribution >= 0.6 is 0 Å². The average Bonchev–Trinajstić information content (AvgIpc) is 2.91. The zero-order valence-electron chi connectivity index (χ0n) is 8.95. The van der Waals surface area contributed by atoms with Crippen LogP contribution in [0.2, 0.25) is 0 Å². The Labute approximate surface area is 90.0 Å². The molecular formula is C11H18N2O2. The zero-order valence-corrected chi connectivity index (χ0v) is 8.95. The van der Waals surface area contributed by atoms with E-state index >= 15 is 0 Å². The fourth-order valence-corrected chi connectivity index (χ4v) is 2.97. The summed E-state index contributed by atoms with van der Waals surface area (Å²) in [4.78, 5) is 14.3. The third-order valence-corrected chi connectivity index (χ3v) is 3.87. The largest absolute Gasteiger partial charge is 0.374 e. The van der Waals surface area contributed by atoms with Crippen LogP contribution in [-0.4, -0.2) is 49.2 Å². The Morgan fingerprint density at radius 3 is 2.73 bits per heavy atom. The molecule has 0 aromatic rings. The van der Waals surface area contributed by atoms with Gasteiger partial charge in [0.05, 0.1) is 18.8 Å². The van der Waals surface area contributed by atoms with Crippen molar-refractivity contribution in [3.63, 3.8) is 0 Å². The molecule has 84 valence electrons. The van der Waals surface area contributed by atoms with E-state index in [2.05, 4.69) is 10.2 Å². The third-order valence-electron chi connectivity index (χ3n) is 3.87. The number of piperidine rings is 1. The predicted octanol–water partition coefficient (Wildman–Crippen LogP) is -0.0143. The normalized spacial score (nSPS) is 36.1. The molecule has 1 N–H and O–H groups in total. The van der Waals surface area contributed by atoms with Crippen LogP contribution in [0.1, 0.15) is 19.3 Å². The molecule has 3 aliphatic heterocycles. The molecule has 2 atom stereocenters. The second-order valence-electron chi connectivity index (χ2n) is 4.86. The van der Waals surface area contributed by atoms with Crippen LogP contribution in [0.4, 0.5) is 0 Å². The van der Waals surface area contributed by atoms with Gasteiger partial charge in [-0.25, -0.2) is 0 Å². The van der Waals surface area contributed by atoms with Crippen molar-refractivity contribution in [2.75, 3.05) is 26.2 Å². The first-order chi connectivity index (χ1) is 7.34. The summed E-state index contributed by atoms with van der Waals surface area (Å²) < 4.78 is 5.51. The van der Waals surface area contributed by atoms with E-state index in [1.165, 1.54) is 0 Å². The van der Waals surface area contributed by atoms with Gasteiger partial charge >= 0.3 is 0 Å². The Balaban J connectivity index is 1.64. The van der Waals surface area contributed by atoms with E-state index in [9.17, 15) is 4.79 Å². The smallest absolute Gasteiger partial charge is 0.226 e. The van der Waals surface area contributed by atoms with Crippen molar-refractivity contribution in [2.24, 2.45) is 5.92 Å². The number of amides is 1. The Morgan fingerprint density at radius 1 is 1.33 bits per heavy atom. The lowest BCUT2D eigenvalue weighted by atomic mass is 9.96. The number of hydrogen-bond acceptors (Lipinski definition) is 3. The molecule has 0 spiro atoms. The highest BCUT2D eigenvalue weighted by Crippen LogP contribution is 2.30. The molecule has 4 nitrogen and oxygen atoms in total. The molecule has 0 aromatic heterocycles. The summed E-state index contributed by atoms with van der Waals surface area (Å²) in [5, 5.41) is 3.30. The number of hydrogen-bond donors (Lipinski definition) is 1. The van der Waals surface area contributed by atoms with Crippen LogP contribution in [0.5, 0.6) is 0 Å². The minimum Gasteiger partial charge on any atom is -0.374 e. The molecule has 0 radical (unpaired) electrons. The number of ether oxygens (including phenoxy) is 1. The van der Waals surface area contributed by atoms with Gasteiger partial charge in [0.15, 0.2) is 0 Å². The van der Waals surface area contributed by atoms with Crippen molar-refractivity contribution in [1.82, 2.24) is 10.2 Å². The molecule has 15 heavy (non-hydrogen) atoms. The van der Waals surface area contributed by atoms with Gasteiger partial charge in [0.1, 0.15) is 0 Å². The topological polar surface area (TPSA) is 41.6 Å². The Bertz CT molecular complexity index is 263. The van der Waals surface area contributed by atoms with Crippen molar-refractivity contribution in [3.05, 3.63) is 0 Å². The minimum absolute atomic E-state index is 0.269. The van der Waals surface area contributed by atoms with Gasteiger partial charge in [0, 0.05) is 12.5 Å². The Kier molecular flexibility index (Phi) is 2.41. The summed E-state index contributed by atoms with van der Waals surface area (Å²) in [7, 11) is 0. The molecule has 3 fully saturated rings. The Hall–Kier alpha value is -0.610. The van der Waals surface area contributed by atoms with Crippen molar-refractivity contribution >= 4 is 5.91 Å². The summed E-state index contributed by atoms with van der Waals surface area (Å²) in [5.41, 5.74) is 0. The number of rotatable bonds is 1. The van der Waals surface area contributed by atoms with Gasteiger partial charge in [-0.15, -0.1) is 0 Å². The molecule has 3 heterocycles. The number of morpholine rings is 1. The maximum absolute atomic E-state index is 12.2. The first-order valence-electron chi connectivity index (χ1n) is 5.97. The summed E-state index contributed by atoms with van der Waals surface area (Å²) in [6.45, 7) is 3.60. The maximum Gasteiger partial charge on any atom is 0.226 e. The lowest BCUT2D eigenvalue weighted by Gasteiger charge is -2.32. The summed E-state index contributed by atoms with van der Waals surface area (Å²) in [6, 6.07) is 0.386. The number of fused-ring (bicyclic) bond motifs is 2. The van der Waals surface area contributed by atoms with Gasteiger partial charge in [-0.3, -0.25) is 4.79 Å². The molecule has 0 unspecified atom stereocenters. The quantitative estimate of drug-likeness (QED) is 0.661. The van der Waals surface area contributed by atoms with Crippen LogP contribution in [0.3, 0.4) is 0 Å². The molecular weight excluding hydrogens is 192 g/mol. The van der Waals surface area contributed by atoms with E-state index in [0.717, 1.165) is 45.5 Å². The first-order valence-corrected chi connectivity index (χ1v) is 5.97. The zero-order chi connectivity index (χ0) is 10.3. The molecule has 3 rings (SSSR count). The molecule has 0 saturated carbocycles. The van der Waals surface area contributed by atoms with Crippen LogP contribution in [0.25, 0.3) is 0 Å². The molecule has 3 saturated heterocycles. The van der Waals surface area contributed by atoms with Gasteiger partial charge in [-0.2, -0.15) is 0 Å². The Morgan fingerprint density at radius 2 is 2.13 bits per heavy atom. The highest BCUT2D eigenvalue weighted by atomic mass is 16.5.